The third-order valence-corrected chi connectivity index (χ3v) is 10.6. The molecule has 0 bridgehead atoms. The van der Waals surface area contributed by atoms with Crippen LogP contribution in [0.2, 0.25) is 0 Å². The third kappa shape index (κ3) is 8.88. The number of unbranched alkanes of at least 4 members (excludes halogenated alkanes) is 1. The molecular weight excluding hydrogens is 651 g/mol. The van der Waals surface area contributed by atoms with E-state index in [9.17, 15) is 9.59 Å². The number of nitrogens with one attached hydrogen (secondary N) is 1. The van der Waals surface area contributed by atoms with E-state index in [2.05, 4.69) is 89.9 Å². The Balaban J connectivity index is 1.57. The molecule has 4 aromatic carbocycles. The van der Waals surface area contributed by atoms with E-state index in [1.807, 2.05) is 75.9 Å². The highest BCUT2D eigenvalue weighted by atomic mass is 32.1. The van der Waals surface area contributed by atoms with E-state index in [4.69, 9.17) is 17.0 Å². The summed E-state index contributed by atoms with van der Waals surface area (Å²) in [7, 11) is 0. The molecule has 0 saturated carbocycles. The number of piperazine rings is 1. The molecule has 1 fully saturated rings. The zero-order valence-corrected chi connectivity index (χ0v) is 31.8. The summed E-state index contributed by atoms with van der Waals surface area (Å²) >= 11 is 6.49. The molecule has 0 unspecified atom stereocenters. The monoisotopic (exact) mass is 703 g/mol. The van der Waals surface area contributed by atoms with Gasteiger partial charge in [-0.05, 0) is 81.3 Å². The maximum Gasteiger partial charge on any atom is 0.408 e. The normalized spacial score (nSPS) is 15.6. The van der Waals surface area contributed by atoms with Crippen molar-refractivity contribution >= 4 is 29.2 Å². The first-order chi connectivity index (χ1) is 24.4. The van der Waals surface area contributed by atoms with Crippen molar-refractivity contribution in [3.63, 3.8) is 0 Å². The molecule has 268 valence electrons. The standard InChI is InChI=1S/C44H53N3O3S/c1-7-8-26-37-31-46(40(48)38-27-18-19-32(2)33(38)3)28-29-47(37)41(51)39(45-42(49)50-43(4,5)6)30-44(34-20-12-9-13-21-34,35-22-14-10-15-23-35)36-24-16-11-17-25-36/h9-25,27,37,39H,7-8,26,28-31H2,1-6H3,(H,45,49)/t37-,39+/m0/s1. The molecule has 51 heavy (non-hydrogen) atoms. The zero-order chi connectivity index (χ0) is 36.6. The number of carbonyl (C=O) groups is 2. The molecule has 0 aliphatic carbocycles. The summed E-state index contributed by atoms with van der Waals surface area (Å²) in [4.78, 5) is 32.6. The Morgan fingerprint density at radius 1 is 0.824 bits per heavy atom. The molecule has 1 aliphatic rings. The predicted molar refractivity (Wildman–Crippen MR) is 211 cm³/mol. The molecule has 5 rings (SSSR count). The summed E-state index contributed by atoms with van der Waals surface area (Å²) in [6.45, 7) is 13.5. The molecule has 0 spiro atoms. The van der Waals surface area contributed by atoms with Gasteiger partial charge in [0.25, 0.3) is 5.91 Å². The van der Waals surface area contributed by atoms with Crippen LogP contribution < -0.4 is 5.32 Å². The first-order valence-electron chi connectivity index (χ1n) is 18.3. The number of hydrogen-bond donors (Lipinski definition) is 1. The van der Waals surface area contributed by atoms with E-state index in [1.165, 1.54) is 0 Å². The third-order valence-electron chi connectivity index (χ3n) is 10.1. The second-order valence-corrected chi connectivity index (χ2v) is 15.2. The van der Waals surface area contributed by atoms with Gasteiger partial charge < -0.3 is 19.9 Å². The van der Waals surface area contributed by atoms with E-state index in [1.54, 1.807) is 0 Å². The van der Waals surface area contributed by atoms with Crippen LogP contribution in [0.3, 0.4) is 0 Å². The lowest BCUT2D eigenvalue weighted by molar-refractivity contribution is 0.0505. The van der Waals surface area contributed by atoms with Crippen LogP contribution in [-0.2, 0) is 10.2 Å². The van der Waals surface area contributed by atoms with Gasteiger partial charge in [0.2, 0.25) is 0 Å². The number of ether oxygens (including phenoxy) is 1. The highest BCUT2D eigenvalue weighted by Gasteiger charge is 2.43. The fraction of sp³-hybridized carbons (Fsp3) is 0.386. The number of amides is 2. The molecule has 1 heterocycles. The summed E-state index contributed by atoms with van der Waals surface area (Å²) in [5.41, 5.74) is 4.85. The van der Waals surface area contributed by atoms with Gasteiger partial charge in [-0.1, -0.05) is 135 Å². The lowest BCUT2D eigenvalue weighted by atomic mass is 9.66. The van der Waals surface area contributed by atoms with Crippen molar-refractivity contribution in [3.05, 3.63) is 143 Å². The molecule has 7 heteroatoms. The number of benzene rings is 4. The molecule has 1 aliphatic heterocycles. The van der Waals surface area contributed by atoms with Crippen molar-refractivity contribution in [3.8, 4) is 0 Å². The van der Waals surface area contributed by atoms with Crippen molar-refractivity contribution in [2.24, 2.45) is 0 Å². The van der Waals surface area contributed by atoms with E-state index >= 15 is 0 Å². The molecule has 1 N–H and O–H groups in total. The molecule has 6 nitrogen and oxygen atoms in total. The maximum atomic E-state index is 13.9. The van der Waals surface area contributed by atoms with Crippen LogP contribution in [0.5, 0.6) is 0 Å². The number of thiocarbonyl (C=S) groups is 1. The van der Waals surface area contributed by atoms with Gasteiger partial charge in [-0.25, -0.2) is 4.79 Å². The Hall–Kier alpha value is -4.49. The van der Waals surface area contributed by atoms with Gasteiger partial charge in [-0.2, -0.15) is 0 Å². The van der Waals surface area contributed by atoms with Crippen LogP contribution in [0.1, 0.15) is 91.6 Å². The van der Waals surface area contributed by atoms with Crippen molar-refractivity contribution in [1.82, 2.24) is 15.1 Å². The number of carbonyl (C=O) groups excluding carboxylic acids is 2. The van der Waals surface area contributed by atoms with Gasteiger partial charge in [0, 0.05) is 36.7 Å². The SMILES string of the molecule is CCCC[C@H]1CN(C(=O)c2cccc(C)c2C)CCN1C(=S)[C@@H](CC(c1ccccc1)(c1ccccc1)c1ccccc1)NC(=O)OC(C)(C)C. The summed E-state index contributed by atoms with van der Waals surface area (Å²) in [5, 5.41) is 3.26. The van der Waals surface area contributed by atoms with Gasteiger partial charge in [0.1, 0.15) is 10.6 Å². The van der Waals surface area contributed by atoms with Crippen molar-refractivity contribution in [2.75, 3.05) is 19.6 Å². The fourth-order valence-corrected chi connectivity index (χ4v) is 7.73. The Morgan fingerprint density at radius 2 is 1.37 bits per heavy atom. The highest BCUT2D eigenvalue weighted by molar-refractivity contribution is 7.80. The molecule has 0 radical (unpaired) electrons. The summed E-state index contributed by atoms with van der Waals surface area (Å²) in [6.07, 6.45) is 2.87. The van der Waals surface area contributed by atoms with E-state index in [0.29, 0.717) is 31.0 Å². The fourth-order valence-electron chi connectivity index (χ4n) is 7.35. The molecule has 4 aromatic rings. The first kappa shape index (κ1) is 37.8. The quantitative estimate of drug-likeness (QED) is 0.125. The van der Waals surface area contributed by atoms with E-state index in [0.717, 1.165) is 52.6 Å². The number of hydrogen-bond acceptors (Lipinski definition) is 4. The topological polar surface area (TPSA) is 61.9 Å². The van der Waals surface area contributed by atoms with Gasteiger partial charge in [0.05, 0.1) is 6.04 Å². The number of nitrogens with zero attached hydrogens (tertiary/aromatic N) is 2. The maximum absolute atomic E-state index is 13.9. The highest BCUT2D eigenvalue weighted by Crippen LogP contribution is 2.43. The van der Waals surface area contributed by atoms with Crippen molar-refractivity contribution in [2.45, 2.75) is 90.3 Å². The van der Waals surface area contributed by atoms with E-state index < -0.39 is 23.2 Å². The van der Waals surface area contributed by atoms with Crippen molar-refractivity contribution < 1.29 is 14.3 Å². The lowest BCUT2D eigenvalue weighted by Gasteiger charge is -2.46. The Labute approximate surface area is 310 Å². The van der Waals surface area contributed by atoms with Gasteiger partial charge >= 0.3 is 6.09 Å². The number of alkyl carbamates (subject to hydrolysis) is 1. The Kier molecular flexibility index (Phi) is 12.4. The Morgan fingerprint density at radius 3 is 1.88 bits per heavy atom. The minimum absolute atomic E-state index is 0.00257. The summed E-state index contributed by atoms with van der Waals surface area (Å²) in [6, 6.07) is 36.8. The minimum atomic E-state index is -0.685. The average molecular weight is 704 g/mol. The van der Waals surface area contributed by atoms with Gasteiger partial charge in [-0.3, -0.25) is 4.79 Å². The van der Waals surface area contributed by atoms with Crippen LogP contribution in [-0.4, -0.2) is 64.1 Å². The smallest absolute Gasteiger partial charge is 0.408 e. The van der Waals surface area contributed by atoms with Crippen LogP contribution in [0.25, 0.3) is 0 Å². The van der Waals surface area contributed by atoms with Crippen LogP contribution >= 0.6 is 12.2 Å². The van der Waals surface area contributed by atoms with E-state index in [-0.39, 0.29) is 11.9 Å². The summed E-state index contributed by atoms with van der Waals surface area (Å²) < 4.78 is 5.87. The van der Waals surface area contributed by atoms with Gasteiger partial charge in [-0.15, -0.1) is 0 Å². The molecule has 0 aromatic heterocycles. The number of aryl methyl sites for hydroxylation is 1. The van der Waals surface area contributed by atoms with Crippen LogP contribution in [0, 0.1) is 13.8 Å². The second kappa shape index (κ2) is 16.7. The average Bonchev–Trinajstić information content (AvgIpc) is 3.13. The predicted octanol–water partition coefficient (Wildman–Crippen LogP) is 9.27. The molecular formula is C44H53N3O3S. The minimum Gasteiger partial charge on any atom is -0.444 e. The Bertz CT molecular complexity index is 1680. The number of rotatable bonds is 11. The lowest BCUT2D eigenvalue weighted by Crippen LogP contribution is -2.61. The largest absolute Gasteiger partial charge is 0.444 e. The first-order valence-corrected chi connectivity index (χ1v) is 18.7. The van der Waals surface area contributed by atoms with Gasteiger partial charge in [0.15, 0.2) is 0 Å². The van der Waals surface area contributed by atoms with Crippen molar-refractivity contribution in [1.29, 1.82) is 0 Å². The summed E-state index contributed by atoms with van der Waals surface area (Å²) in [5.74, 6) is 0.0583. The van der Waals surface area contributed by atoms with Crippen LogP contribution in [0.15, 0.2) is 109 Å². The molecule has 2 amide bonds. The zero-order valence-electron chi connectivity index (χ0n) is 31.0. The van der Waals surface area contributed by atoms with Crippen LogP contribution in [0.4, 0.5) is 4.79 Å². The molecule has 2 atom stereocenters. The molecule has 1 saturated heterocycles. The second-order valence-electron chi connectivity index (χ2n) is 14.7.